The first-order valence-corrected chi connectivity index (χ1v) is 24.4. The number of carbonyl (C=O) groups is 5. The van der Waals surface area contributed by atoms with Crippen molar-refractivity contribution in [3.63, 3.8) is 0 Å². The van der Waals surface area contributed by atoms with Crippen molar-refractivity contribution in [2.24, 2.45) is 5.41 Å². The molecular weight excluding hydrogens is 926 g/mol. The molecule has 6 aromatic rings. The maximum Gasteiger partial charge on any atom is 0.329 e. The predicted molar refractivity (Wildman–Crippen MR) is 252 cm³/mol. The zero-order valence-corrected chi connectivity index (χ0v) is 38.6. The SMILES string of the molecule is O=C1CCN(c2n[nH]c3cc(C4CCN(CCC(=O)N5CC6(C5)CN(c5ccc(-c7cc(F)c8c(c7)C(=O)N(C(C(=O)Nc7nccs7)c7ncn9c7CCC9)C8)cc5)C6)CC4(F)F)ccc23)C(=O)N1. The molecule has 4 fully saturated rings. The third-order valence-electron chi connectivity index (χ3n) is 14.9. The molecule has 70 heavy (non-hydrogen) atoms. The van der Waals surface area contributed by atoms with Crippen LogP contribution in [0.25, 0.3) is 22.0 Å². The predicted octanol–water partition coefficient (Wildman–Crippen LogP) is 5.91. The Bertz CT molecular complexity index is 3110. The van der Waals surface area contributed by atoms with Gasteiger partial charge in [0.25, 0.3) is 17.7 Å². The van der Waals surface area contributed by atoms with Crippen molar-refractivity contribution in [1.82, 2.24) is 44.7 Å². The van der Waals surface area contributed by atoms with E-state index in [1.54, 1.807) is 47.1 Å². The van der Waals surface area contributed by atoms with Crippen molar-refractivity contribution in [3.8, 4) is 11.1 Å². The van der Waals surface area contributed by atoms with Gasteiger partial charge in [-0.3, -0.25) is 44.7 Å². The Balaban J connectivity index is 0.632. The number of fused-ring (bicyclic) bond motifs is 3. The standard InChI is InChI=1S/C49H47F3N12O5S/c50-36-19-30(18-33-34(36)21-64(45(33)68)42(44(67)56-46-53-12-17-70-46)41-38-2-1-13-60(38)27-54-41)28-3-6-31(7-4-28)61-22-48(23-61)24-62(25-48)40(66)11-15-59-14-9-35(49(51,52)26-59)29-5-8-32-37(20-29)57-58-43(32)63-16-10-39(65)55-47(63)69/h3-8,12,17-20,27,35,42H,1-2,9-11,13-16,21-26H2,(H,57,58)(H,53,56,67)(H,55,65,69). The van der Waals surface area contributed by atoms with Crippen LogP contribution in [-0.2, 0) is 33.9 Å². The molecule has 3 aromatic carbocycles. The molecule has 4 saturated heterocycles. The molecule has 2 unspecified atom stereocenters. The van der Waals surface area contributed by atoms with Gasteiger partial charge < -0.3 is 19.3 Å². The van der Waals surface area contributed by atoms with Gasteiger partial charge in [-0.15, -0.1) is 11.3 Å². The van der Waals surface area contributed by atoms with Crippen LogP contribution in [0.2, 0.25) is 0 Å². The molecule has 2 atom stereocenters. The van der Waals surface area contributed by atoms with E-state index in [0.29, 0.717) is 58.3 Å². The van der Waals surface area contributed by atoms with E-state index in [1.165, 1.54) is 27.2 Å². The zero-order valence-electron chi connectivity index (χ0n) is 37.8. The average Bonchev–Trinajstić information content (AvgIpc) is 4.17. The molecule has 0 radical (unpaired) electrons. The number of aryl methyl sites for hydroxylation is 1. The molecule has 0 saturated carbocycles. The summed E-state index contributed by atoms with van der Waals surface area (Å²) >= 11 is 1.26. The molecule has 3 aromatic heterocycles. The maximum absolute atomic E-state index is 16.0. The van der Waals surface area contributed by atoms with Gasteiger partial charge in [0.05, 0.1) is 36.5 Å². The lowest BCUT2D eigenvalue weighted by molar-refractivity contribution is -0.146. The number of amides is 6. The summed E-state index contributed by atoms with van der Waals surface area (Å²) in [6.45, 7) is 3.79. The largest absolute Gasteiger partial charge is 0.370 e. The number of aromatic nitrogens is 5. The molecule has 17 nitrogen and oxygen atoms in total. The van der Waals surface area contributed by atoms with Gasteiger partial charge >= 0.3 is 6.03 Å². The van der Waals surface area contributed by atoms with Crippen molar-refractivity contribution >= 4 is 68.5 Å². The molecule has 6 aliphatic heterocycles. The van der Waals surface area contributed by atoms with Crippen LogP contribution in [0.3, 0.4) is 0 Å². The summed E-state index contributed by atoms with van der Waals surface area (Å²) in [5.41, 5.74) is 5.04. The summed E-state index contributed by atoms with van der Waals surface area (Å²) in [5, 5.41) is 14.9. The Morgan fingerprint density at radius 3 is 2.53 bits per heavy atom. The number of hydrogen-bond acceptors (Lipinski definition) is 11. The first-order chi connectivity index (χ1) is 33.8. The quantitative estimate of drug-likeness (QED) is 0.141. The summed E-state index contributed by atoms with van der Waals surface area (Å²) in [4.78, 5) is 82.5. The highest BCUT2D eigenvalue weighted by atomic mass is 32.1. The van der Waals surface area contributed by atoms with Crippen LogP contribution in [0.15, 0.2) is 72.5 Å². The number of nitrogens with zero attached hydrogens (tertiary/aromatic N) is 9. The summed E-state index contributed by atoms with van der Waals surface area (Å²) < 4.78 is 49.4. The van der Waals surface area contributed by atoms with E-state index in [4.69, 9.17) is 0 Å². The van der Waals surface area contributed by atoms with Crippen molar-refractivity contribution in [1.29, 1.82) is 0 Å². The minimum Gasteiger partial charge on any atom is -0.370 e. The van der Waals surface area contributed by atoms with Crippen LogP contribution in [0.1, 0.15) is 70.5 Å². The lowest BCUT2D eigenvalue weighted by Gasteiger charge is -2.61. The lowest BCUT2D eigenvalue weighted by atomic mass is 9.72. The highest BCUT2D eigenvalue weighted by Gasteiger charge is 2.53. The number of anilines is 3. The molecular formula is C49H47F3N12O5S. The number of H-pyrrole nitrogens is 1. The minimum absolute atomic E-state index is 0.0312. The zero-order chi connectivity index (χ0) is 48.1. The van der Waals surface area contributed by atoms with E-state index in [2.05, 4.69) is 35.7 Å². The Kier molecular flexibility index (Phi) is 10.6. The Morgan fingerprint density at radius 1 is 0.929 bits per heavy atom. The van der Waals surface area contributed by atoms with Gasteiger partial charge in [0, 0.05) is 104 Å². The number of imidazole rings is 1. The van der Waals surface area contributed by atoms with Gasteiger partial charge in [0.2, 0.25) is 11.8 Å². The van der Waals surface area contributed by atoms with Gasteiger partial charge in [0.1, 0.15) is 5.82 Å². The van der Waals surface area contributed by atoms with Crippen molar-refractivity contribution < 1.29 is 37.1 Å². The van der Waals surface area contributed by atoms with Crippen LogP contribution >= 0.6 is 11.3 Å². The molecule has 21 heteroatoms. The van der Waals surface area contributed by atoms with Crippen LogP contribution in [0.4, 0.5) is 34.6 Å². The average molecular weight is 973 g/mol. The molecule has 9 heterocycles. The summed E-state index contributed by atoms with van der Waals surface area (Å²) in [7, 11) is 0. The number of imide groups is 1. The molecule has 6 aliphatic rings. The van der Waals surface area contributed by atoms with Crippen molar-refractivity contribution in [3.05, 3.63) is 106 Å². The number of hydrogen-bond donors (Lipinski definition) is 3. The molecule has 0 aliphatic carbocycles. The minimum atomic E-state index is -3.04. The second-order valence-electron chi connectivity index (χ2n) is 19.4. The first-order valence-electron chi connectivity index (χ1n) is 23.5. The summed E-state index contributed by atoms with van der Waals surface area (Å²) in [6, 6.07) is 14.2. The van der Waals surface area contributed by atoms with Crippen LogP contribution in [0.5, 0.6) is 0 Å². The van der Waals surface area contributed by atoms with Gasteiger partial charge in [-0.05, 0) is 78.9 Å². The number of halogens is 3. The van der Waals surface area contributed by atoms with Crippen LogP contribution < -0.4 is 20.4 Å². The number of thiazole rings is 1. The van der Waals surface area contributed by atoms with E-state index >= 15 is 13.2 Å². The number of likely N-dealkylation sites (tertiary alicyclic amines) is 2. The van der Waals surface area contributed by atoms with Gasteiger partial charge in [0.15, 0.2) is 17.0 Å². The smallest absolute Gasteiger partial charge is 0.329 e. The highest BCUT2D eigenvalue weighted by molar-refractivity contribution is 7.13. The number of nitrogens with one attached hydrogen (secondary N) is 3. The fourth-order valence-electron chi connectivity index (χ4n) is 11.4. The van der Waals surface area contributed by atoms with Crippen molar-refractivity contribution in [2.45, 2.75) is 63.1 Å². The Morgan fingerprint density at radius 2 is 1.76 bits per heavy atom. The molecule has 6 amide bonds. The number of carbonyl (C=O) groups excluding carboxylic acids is 5. The van der Waals surface area contributed by atoms with Crippen LogP contribution in [-0.4, -0.2) is 127 Å². The fraction of sp³-hybridized carbons (Fsp3) is 0.388. The summed E-state index contributed by atoms with van der Waals surface area (Å²) in [6.07, 6.45) is 5.41. The van der Waals surface area contributed by atoms with Gasteiger partial charge in [-0.25, -0.2) is 27.9 Å². The number of rotatable bonds is 11. The molecule has 360 valence electrons. The number of urea groups is 1. The Hall–Kier alpha value is -7.13. The van der Waals surface area contributed by atoms with Crippen LogP contribution in [0, 0.1) is 11.2 Å². The Labute approximate surface area is 402 Å². The topological polar surface area (TPSA) is 185 Å². The van der Waals surface area contributed by atoms with Gasteiger partial charge in [-0.2, -0.15) is 5.10 Å². The monoisotopic (exact) mass is 972 g/mol. The third-order valence-corrected chi connectivity index (χ3v) is 15.6. The molecule has 12 rings (SSSR count). The lowest BCUT2D eigenvalue weighted by Crippen LogP contribution is -2.73. The van der Waals surface area contributed by atoms with E-state index in [-0.39, 0.29) is 67.3 Å². The second-order valence-corrected chi connectivity index (χ2v) is 20.3. The summed E-state index contributed by atoms with van der Waals surface area (Å²) in [5.74, 6) is -5.56. The normalized spacial score (nSPS) is 20.9. The number of aromatic amines is 1. The molecule has 1 spiro atoms. The number of benzene rings is 3. The molecule has 0 bridgehead atoms. The van der Waals surface area contributed by atoms with Crippen molar-refractivity contribution in [2.75, 3.05) is 67.5 Å². The maximum atomic E-state index is 16.0. The number of piperidine rings is 1. The van der Waals surface area contributed by atoms with E-state index in [0.717, 1.165) is 49.4 Å². The van der Waals surface area contributed by atoms with Gasteiger partial charge in [-0.1, -0.05) is 18.2 Å². The third kappa shape index (κ3) is 7.65. The van der Waals surface area contributed by atoms with E-state index < -0.39 is 48.1 Å². The van der Waals surface area contributed by atoms with E-state index in [9.17, 15) is 24.0 Å². The second kappa shape index (κ2) is 16.8. The fourth-order valence-corrected chi connectivity index (χ4v) is 11.9. The number of alkyl halides is 2. The first kappa shape index (κ1) is 44.1. The highest BCUT2D eigenvalue weighted by Crippen LogP contribution is 2.45. The molecule has 3 N–H and O–H groups in total. The van der Waals surface area contributed by atoms with E-state index in [1.807, 2.05) is 33.7 Å².